The van der Waals surface area contributed by atoms with Crippen LogP contribution in [0.3, 0.4) is 0 Å². The molecular weight excluding hydrogens is 352 g/mol. The van der Waals surface area contributed by atoms with E-state index in [1.165, 1.54) is 12.1 Å². The predicted octanol–water partition coefficient (Wildman–Crippen LogP) is 0.886. The third-order valence-corrected chi connectivity index (χ3v) is 4.66. The quantitative estimate of drug-likeness (QED) is 0.502. The van der Waals surface area contributed by atoms with Gasteiger partial charge in [0, 0.05) is 5.57 Å². The molecule has 8 nitrogen and oxygen atoms in total. The first-order chi connectivity index (χ1) is 11.6. The highest BCUT2D eigenvalue weighted by Crippen LogP contribution is 2.12. The van der Waals surface area contributed by atoms with Crippen molar-refractivity contribution >= 4 is 27.7 Å². The molecule has 1 N–H and O–H groups in total. The number of carbonyl (C=O) groups excluding carboxylic acids is 2. The molecule has 0 radical (unpaired) electrons. The van der Waals surface area contributed by atoms with Crippen LogP contribution in [0, 0.1) is 6.92 Å². The monoisotopic (exact) mass is 370 g/mol. The van der Waals surface area contributed by atoms with Gasteiger partial charge in [-0.2, -0.15) is 0 Å². The molecule has 0 bridgehead atoms. The van der Waals surface area contributed by atoms with Crippen LogP contribution in [0.15, 0.2) is 41.3 Å². The molecule has 0 saturated heterocycles. The number of aryl methyl sites for hydroxylation is 1. The predicted molar refractivity (Wildman–Crippen MR) is 86.5 cm³/mol. The van der Waals surface area contributed by atoms with Gasteiger partial charge in [-0.3, -0.25) is 4.79 Å². The molecule has 0 fully saturated rings. The van der Waals surface area contributed by atoms with Crippen LogP contribution in [0.4, 0.5) is 0 Å². The fourth-order valence-electron chi connectivity index (χ4n) is 1.66. The Morgan fingerprint density at radius 2 is 1.72 bits per heavy atom. The van der Waals surface area contributed by atoms with Crippen LogP contribution < -0.4 is 0 Å². The van der Waals surface area contributed by atoms with Gasteiger partial charge in [-0.1, -0.05) is 24.3 Å². The number of benzene rings is 1. The van der Waals surface area contributed by atoms with Crippen LogP contribution >= 0.6 is 0 Å². The van der Waals surface area contributed by atoms with Gasteiger partial charge in [0.05, 0.1) is 17.1 Å². The van der Waals surface area contributed by atoms with E-state index in [4.69, 9.17) is 9.84 Å². The van der Waals surface area contributed by atoms with Crippen molar-refractivity contribution in [2.45, 2.75) is 18.2 Å². The Labute approximate surface area is 145 Å². The zero-order valence-corrected chi connectivity index (χ0v) is 14.4. The van der Waals surface area contributed by atoms with Gasteiger partial charge in [-0.25, -0.2) is 18.0 Å². The van der Waals surface area contributed by atoms with E-state index in [9.17, 15) is 22.8 Å². The molecular formula is C16H18O8S. The van der Waals surface area contributed by atoms with Crippen molar-refractivity contribution in [3.63, 3.8) is 0 Å². The Hall–Kier alpha value is -2.68. The molecule has 1 aromatic carbocycles. The summed E-state index contributed by atoms with van der Waals surface area (Å²) in [5, 5.41) is 8.37. The fraction of sp³-hybridized carbons (Fsp3) is 0.312. The third-order valence-electron chi connectivity index (χ3n) is 2.97. The van der Waals surface area contributed by atoms with Gasteiger partial charge in [0.15, 0.2) is 16.4 Å². The first kappa shape index (κ1) is 20.4. The molecule has 1 rings (SSSR count). The SMILES string of the molecule is C=C(CC(=O)OCCS(=O)(=O)c1ccc(C)cc1)C(=O)OCC(=O)O. The number of ether oxygens (including phenoxy) is 2. The number of carbonyl (C=O) groups is 3. The maximum Gasteiger partial charge on any atom is 0.341 e. The van der Waals surface area contributed by atoms with E-state index in [2.05, 4.69) is 11.3 Å². The van der Waals surface area contributed by atoms with Gasteiger partial charge in [-0.15, -0.1) is 0 Å². The highest BCUT2D eigenvalue weighted by atomic mass is 32.2. The molecule has 0 aromatic heterocycles. The van der Waals surface area contributed by atoms with Crippen LogP contribution in [0.1, 0.15) is 12.0 Å². The van der Waals surface area contributed by atoms with Crippen molar-refractivity contribution in [1.82, 2.24) is 0 Å². The topological polar surface area (TPSA) is 124 Å². The Kier molecular flexibility index (Phi) is 7.31. The second-order valence-corrected chi connectivity index (χ2v) is 7.21. The normalized spacial score (nSPS) is 10.8. The Morgan fingerprint density at radius 1 is 1.12 bits per heavy atom. The van der Waals surface area contributed by atoms with Gasteiger partial charge >= 0.3 is 17.9 Å². The van der Waals surface area contributed by atoms with E-state index in [0.717, 1.165) is 5.56 Å². The van der Waals surface area contributed by atoms with Gasteiger partial charge in [0.1, 0.15) is 6.61 Å². The fourth-order valence-corrected chi connectivity index (χ4v) is 2.74. The van der Waals surface area contributed by atoms with Crippen molar-refractivity contribution in [2.75, 3.05) is 19.0 Å². The summed E-state index contributed by atoms with van der Waals surface area (Å²) < 4.78 is 33.2. The summed E-state index contributed by atoms with van der Waals surface area (Å²) in [7, 11) is -3.59. The Morgan fingerprint density at radius 3 is 2.28 bits per heavy atom. The van der Waals surface area contributed by atoms with E-state index in [-0.39, 0.29) is 17.1 Å². The molecule has 1 aromatic rings. The van der Waals surface area contributed by atoms with Crippen molar-refractivity contribution in [3.8, 4) is 0 Å². The number of rotatable bonds is 9. The lowest BCUT2D eigenvalue weighted by molar-refractivity contribution is -0.153. The summed E-state index contributed by atoms with van der Waals surface area (Å²) in [5.74, 6) is -3.65. The lowest BCUT2D eigenvalue weighted by atomic mass is 10.2. The van der Waals surface area contributed by atoms with Gasteiger partial charge in [-0.05, 0) is 19.1 Å². The molecule has 9 heteroatoms. The van der Waals surface area contributed by atoms with Crippen LogP contribution in [0.25, 0.3) is 0 Å². The zero-order chi connectivity index (χ0) is 19.0. The summed E-state index contributed by atoms with van der Waals surface area (Å²) in [6, 6.07) is 6.25. The summed E-state index contributed by atoms with van der Waals surface area (Å²) in [4.78, 5) is 33.3. The minimum Gasteiger partial charge on any atom is -0.479 e. The number of sulfone groups is 1. The van der Waals surface area contributed by atoms with E-state index in [1.54, 1.807) is 12.1 Å². The third kappa shape index (κ3) is 7.17. The van der Waals surface area contributed by atoms with Crippen LogP contribution in [-0.2, 0) is 33.7 Å². The van der Waals surface area contributed by atoms with E-state index < -0.39 is 46.5 Å². The Bertz CT molecular complexity index is 762. The number of hydrogen-bond donors (Lipinski definition) is 1. The lowest BCUT2D eigenvalue weighted by Gasteiger charge is -2.08. The number of hydrogen-bond acceptors (Lipinski definition) is 7. The van der Waals surface area contributed by atoms with Gasteiger partial charge in [0.2, 0.25) is 0 Å². The molecule has 0 amide bonds. The summed E-state index contributed by atoms with van der Waals surface area (Å²) in [5.41, 5.74) is 0.631. The second-order valence-electron chi connectivity index (χ2n) is 5.10. The molecule has 0 aliphatic carbocycles. The smallest absolute Gasteiger partial charge is 0.341 e. The molecule has 0 unspecified atom stereocenters. The standard InChI is InChI=1S/C16H18O8S/c1-11-3-5-13(6-4-11)25(21,22)8-7-23-15(19)9-12(2)16(20)24-10-14(17)18/h3-6H,2,7-10H2,1H3,(H,17,18). The molecule has 0 heterocycles. The lowest BCUT2D eigenvalue weighted by Crippen LogP contribution is -2.19. The van der Waals surface area contributed by atoms with Crippen molar-refractivity contribution in [2.24, 2.45) is 0 Å². The first-order valence-corrected chi connectivity index (χ1v) is 8.79. The van der Waals surface area contributed by atoms with Crippen LogP contribution in [-0.4, -0.2) is 50.4 Å². The first-order valence-electron chi connectivity index (χ1n) is 7.13. The van der Waals surface area contributed by atoms with Crippen molar-refractivity contribution in [1.29, 1.82) is 0 Å². The minimum atomic E-state index is -3.59. The molecule has 0 saturated carbocycles. The molecule has 25 heavy (non-hydrogen) atoms. The average molecular weight is 370 g/mol. The zero-order valence-electron chi connectivity index (χ0n) is 13.6. The van der Waals surface area contributed by atoms with Crippen LogP contribution in [0.5, 0.6) is 0 Å². The summed E-state index contributed by atoms with van der Waals surface area (Å²) in [6.45, 7) is 3.90. The number of carboxylic acids is 1. The highest BCUT2D eigenvalue weighted by molar-refractivity contribution is 7.91. The average Bonchev–Trinajstić information content (AvgIpc) is 2.52. The number of esters is 2. The Balaban J connectivity index is 2.43. The summed E-state index contributed by atoms with van der Waals surface area (Å²) in [6.07, 6.45) is -0.525. The van der Waals surface area contributed by atoms with E-state index in [0.29, 0.717) is 0 Å². The molecule has 136 valence electrons. The van der Waals surface area contributed by atoms with E-state index in [1.807, 2.05) is 6.92 Å². The maximum atomic E-state index is 12.1. The van der Waals surface area contributed by atoms with Crippen LogP contribution in [0.2, 0.25) is 0 Å². The number of carboxylic acid groups (broad SMARTS) is 1. The summed E-state index contributed by atoms with van der Waals surface area (Å²) >= 11 is 0. The molecule has 0 aliphatic heterocycles. The molecule has 0 spiro atoms. The molecule has 0 aliphatic rings. The maximum absolute atomic E-state index is 12.1. The second kappa shape index (κ2) is 8.97. The largest absolute Gasteiger partial charge is 0.479 e. The van der Waals surface area contributed by atoms with Crippen molar-refractivity contribution in [3.05, 3.63) is 42.0 Å². The minimum absolute atomic E-state index is 0.121. The van der Waals surface area contributed by atoms with E-state index >= 15 is 0 Å². The molecule has 0 atom stereocenters. The number of aliphatic carboxylic acids is 1. The van der Waals surface area contributed by atoms with Gasteiger partial charge in [0.25, 0.3) is 0 Å². The highest BCUT2D eigenvalue weighted by Gasteiger charge is 2.18. The van der Waals surface area contributed by atoms with Gasteiger partial charge < -0.3 is 14.6 Å². The van der Waals surface area contributed by atoms with Crippen molar-refractivity contribution < 1.29 is 37.4 Å².